The fourth-order valence-corrected chi connectivity index (χ4v) is 3.06. The molecule has 138 valence electrons. The Morgan fingerprint density at radius 3 is 2.36 bits per heavy atom. The minimum absolute atomic E-state index is 0.0585. The van der Waals surface area contributed by atoms with Crippen molar-refractivity contribution in [3.63, 3.8) is 0 Å². The Kier molecular flexibility index (Phi) is 4.97. The number of pyridine rings is 1. The van der Waals surface area contributed by atoms with E-state index < -0.39 is 0 Å². The maximum atomic E-state index is 12.7. The van der Waals surface area contributed by atoms with E-state index in [9.17, 15) is 4.79 Å². The van der Waals surface area contributed by atoms with Gasteiger partial charge in [-0.05, 0) is 28.8 Å². The van der Waals surface area contributed by atoms with Crippen LogP contribution in [0.4, 0.5) is 0 Å². The van der Waals surface area contributed by atoms with Gasteiger partial charge in [-0.1, -0.05) is 54.6 Å². The molecule has 5 nitrogen and oxygen atoms in total. The van der Waals surface area contributed by atoms with Crippen LogP contribution in [0.25, 0.3) is 16.9 Å². The van der Waals surface area contributed by atoms with Gasteiger partial charge in [-0.15, -0.1) is 0 Å². The number of rotatable bonds is 5. The van der Waals surface area contributed by atoms with Crippen molar-refractivity contribution in [2.75, 3.05) is 7.05 Å². The number of hydrogen-bond donors (Lipinski definition) is 0. The van der Waals surface area contributed by atoms with E-state index in [1.807, 2.05) is 30.5 Å². The Hall–Kier alpha value is -3.73. The molecule has 0 bridgehead atoms. The summed E-state index contributed by atoms with van der Waals surface area (Å²) in [6.45, 7) is 0.539. The predicted octanol–water partition coefficient (Wildman–Crippen LogP) is 4.21. The fourth-order valence-electron chi connectivity index (χ4n) is 3.06. The summed E-state index contributed by atoms with van der Waals surface area (Å²) in [6.07, 6.45) is 6.79. The number of amides is 1. The maximum absolute atomic E-state index is 12.7. The van der Waals surface area contributed by atoms with Crippen molar-refractivity contribution in [1.29, 1.82) is 0 Å². The third-order valence-corrected chi connectivity index (χ3v) is 4.59. The van der Waals surface area contributed by atoms with Crippen molar-refractivity contribution in [3.8, 4) is 16.9 Å². The van der Waals surface area contributed by atoms with Crippen LogP contribution in [-0.4, -0.2) is 32.4 Å². The smallest absolute Gasteiger partial charge is 0.255 e. The highest BCUT2D eigenvalue weighted by Gasteiger charge is 2.13. The monoisotopic (exact) mass is 368 g/mol. The van der Waals surface area contributed by atoms with E-state index >= 15 is 0 Å². The standard InChI is InChI=1S/C23H20N4O/c1-26(16-18-7-9-20(10-8-18)19-5-3-2-4-6-19)23(28)21-11-12-22(25-15-21)27-14-13-24-17-27/h2-15,17H,16H2,1H3. The Morgan fingerprint density at radius 2 is 1.71 bits per heavy atom. The van der Waals surface area contributed by atoms with Gasteiger partial charge in [0.05, 0.1) is 5.56 Å². The van der Waals surface area contributed by atoms with E-state index in [1.54, 1.807) is 41.3 Å². The molecule has 4 rings (SSSR count). The summed E-state index contributed by atoms with van der Waals surface area (Å²) in [4.78, 5) is 22.8. The summed E-state index contributed by atoms with van der Waals surface area (Å²) >= 11 is 0. The fraction of sp³-hybridized carbons (Fsp3) is 0.0870. The average molecular weight is 368 g/mol. The van der Waals surface area contributed by atoms with E-state index in [4.69, 9.17) is 0 Å². The highest BCUT2D eigenvalue weighted by Crippen LogP contribution is 2.20. The van der Waals surface area contributed by atoms with Crippen LogP contribution in [0, 0.1) is 0 Å². The molecule has 0 N–H and O–H groups in total. The van der Waals surface area contributed by atoms with E-state index in [1.165, 1.54) is 5.56 Å². The van der Waals surface area contributed by atoms with Crippen LogP contribution in [0.2, 0.25) is 0 Å². The lowest BCUT2D eigenvalue weighted by Crippen LogP contribution is -2.26. The Morgan fingerprint density at radius 1 is 0.964 bits per heavy atom. The SMILES string of the molecule is CN(Cc1ccc(-c2ccccc2)cc1)C(=O)c1ccc(-n2ccnc2)nc1. The molecule has 5 heteroatoms. The third-order valence-electron chi connectivity index (χ3n) is 4.59. The lowest BCUT2D eigenvalue weighted by Gasteiger charge is -2.17. The Bertz CT molecular complexity index is 1040. The molecule has 0 saturated carbocycles. The molecule has 0 unspecified atom stereocenters. The number of carbonyl (C=O) groups is 1. The molecule has 0 atom stereocenters. The van der Waals surface area contributed by atoms with Gasteiger partial charge in [0.1, 0.15) is 12.1 Å². The lowest BCUT2D eigenvalue weighted by molar-refractivity contribution is 0.0784. The molecule has 0 aliphatic heterocycles. The second-order valence-electron chi connectivity index (χ2n) is 6.60. The second kappa shape index (κ2) is 7.88. The van der Waals surface area contributed by atoms with E-state index in [2.05, 4.69) is 46.4 Å². The molecule has 0 saturated heterocycles. The molecule has 4 aromatic rings. The molecule has 28 heavy (non-hydrogen) atoms. The van der Waals surface area contributed by atoms with Gasteiger partial charge in [0.25, 0.3) is 5.91 Å². The summed E-state index contributed by atoms with van der Waals surface area (Å²) < 4.78 is 1.80. The number of nitrogens with zero attached hydrogens (tertiary/aromatic N) is 4. The molecule has 0 aliphatic carbocycles. The zero-order valence-corrected chi connectivity index (χ0v) is 15.6. The molecule has 0 radical (unpaired) electrons. The van der Waals surface area contributed by atoms with E-state index in [0.29, 0.717) is 12.1 Å². The maximum Gasteiger partial charge on any atom is 0.255 e. The van der Waals surface area contributed by atoms with Gasteiger partial charge in [-0.3, -0.25) is 9.36 Å². The Balaban J connectivity index is 1.43. The summed E-state index contributed by atoms with van der Waals surface area (Å²) in [5.74, 6) is 0.671. The largest absolute Gasteiger partial charge is 0.337 e. The number of aromatic nitrogens is 3. The summed E-state index contributed by atoms with van der Waals surface area (Å²) in [5, 5.41) is 0. The van der Waals surface area contributed by atoms with Crippen molar-refractivity contribution in [2.24, 2.45) is 0 Å². The molecule has 0 aliphatic rings. The quantitative estimate of drug-likeness (QED) is 0.530. The van der Waals surface area contributed by atoms with Gasteiger partial charge in [0.15, 0.2) is 0 Å². The normalized spacial score (nSPS) is 10.6. The molecule has 2 aromatic heterocycles. The molecular formula is C23H20N4O. The number of carbonyl (C=O) groups excluding carboxylic acids is 1. The number of hydrogen-bond acceptors (Lipinski definition) is 3. The van der Waals surface area contributed by atoms with Crippen LogP contribution in [0.3, 0.4) is 0 Å². The van der Waals surface area contributed by atoms with Crippen LogP contribution >= 0.6 is 0 Å². The van der Waals surface area contributed by atoms with Crippen molar-refractivity contribution in [3.05, 3.63) is 103 Å². The average Bonchev–Trinajstić information content (AvgIpc) is 3.29. The van der Waals surface area contributed by atoms with Crippen LogP contribution < -0.4 is 0 Å². The van der Waals surface area contributed by atoms with Gasteiger partial charge in [0.2, 0.25) is 0 Å². The van der Waals surface area contributed by atoms with Gasteiger partial charge in [0, 0.05) is 32.2 Å². The van der Waals surface area contributed by atoms with Crippen LogP contribution in [0.5, 0.6) is 0 Å². The van der Waals surface area contributed by atoms with E-state index in [-0.39, 0.29) is 5.91 Å². The van der Waals surface area contributed by atoms with Crippen LogP contribution in [0.15, 0.2) is 91.6 Å². The minimum Gasteiger partial charge on any atom is -0.337 e. The van der Waals surface area contributed by atoms with Gasteiger partial charge < -0.3 is 4.90 Å². The first kappa shape index (κ1) is 17.7. The van der Waals surface area contributed by atoms with Gasteiger partial charge in [-0.2, -0.15) is 0 Å². The molecule has 0 fully saturated rings. The van der Waals surface area contributed by atoms with Crippen LogP contribution in [0.1, 0.15) is 15.9 Å². The first-order chi connectivity index (χ1) is 13.7. The predicted molar refractivity (Wildman–Crippen MR) is 109 cm³/mol. The minimum atomic E-state index is -0.0585. The third kappa shape index (κ3) is 3.83. The van der Waals surface area contributed by atoms with Crippen molar-refractivity contribution < 1.29 is 4.79 Å². The number of imidazole rings is 1. The Labute approximate surface area is 163 Å². The molecular weight excluding hydrogens is 348 g/mol. The van der Waals surface area contributed by atoms with Crippen LogP contribution in [-0.2, 0) is 6.54 Å². The molecule has 2 heterocycles. The first-order valence-corrected chi connectivity index (χ1v) is 9.05. The number of benzene rings is 2. The van der Waals surface area contributed by atoms with Crippen molar-refractivity contribution in [2.45, 2.75) is 6.54 Å². The zero-order valence-electron chi connectivity index (χ0n) is 15.6. The topological polar surface area (TPSA) is 51.0 Å². The summed E-state index contributed by atoms with van der Waals surface area (Å²) in [6, 6.07) is 22.2. The van der Waals surface area contributed by atoms with E-state index in [0.717, 1.165) is 16.9 Å². The summed E-state index contributed by atoms with van der Waals surface area (Å²) in [5.41, 5.74) is 3.99. The van der Waals surface area contributed by atoms with Crippen molar-refractivity contribution in [1.82, 2.24) is 19.4 Å². The van der Waals surface area contributed by atoms with Gasteiger partial charge in [-0.25, -0.2) is 9.97 Å². The molecule has 2 aromatic carbocycles. The molecule has 1 amide bonds. The van der Waals surface area contributed by atoms with Gasteiger partial charge >= 0.3 is 0 Å². The molecule has 0 spiro atoms. The zero-order chi connectivity index (χ0) is 19.3. The highest BCUT2D eigenvalue weighted by molar-refractivity contribution is 5.93. The first-order valence-electron chi connectivity index (χ1n) is 9.05. The second-order valence-corrected chi connectivity index (χ2v) is 6.60. The highest BCUT2D eigenvalue weighted by atomic mass is 16.2. The lowest BCUT2D eigenvalue weighted by atomic mass is 10.0. The van der Waals surface area contributed by atoms with Crippen molar-refractivity contribution >= 4 is 5.91 Å². The summed E-state index contributed by atoms with van der Waals surface area (Å²) in [7, 11) is 1.80.